The zero-order chi connectivity index (χ0) is 96.2. The van der Waals surface area contributed by atoms with Gasteiger partial charge in [0.05, 0.1) is 95.8 Å². The molecule has 4 unspecified atom stereocenters. The number of carboxylic acid groups (broad SMARTS) is 2. The third-order valence-corrected chi connectivity index (χ3v) is 26.1. The van der Waals surface area contributed by atoms with Crippen LogP contribution in [0, 0.1) is 12.8 Å². The van der Waals surface area contributed by atoms with Crippen molar-refractivity contribution < 1.29 is 164 Å². The quantitative estimate of drug-likeness (QED) is 0.0135. The van der Waals surface area contributed by atoms with Gasteiger partial charge in [-0.15, -0.1) is 0 Å². The highest BCUT2D eigenvalue weighted by Crippen LogP contribution is 2.68. The second kappa shape index (κ2) is 53.5. The van der Waals surface area contributed by atoms with Crippen molar-refractivity contribution in [2.45, 2.75) is 173 Å². The third kappa shape index (κ3) is 34.3. The molecule has 4 aromatic carbocycles. The molecule has 1 aliphatic rings. The number of phenolic OH excluding ortho intramolecular Hbond substituents is 1. The lowest BCUT2D eigenvalue weighted by atomic mass is 9.96. The molecule has 0 bridgehead atoms. The van der Waals surface area contributed by atoms with Gasteiger partial charge in [-0.05, 0) is 104 Å². The normalized spacial score (nSPS) is 15.0. The van der Waals surface area contributed by atoms with Crippen molar-refractivity contribution >= 4 is 98.2 Å². The summed E-state index contributed by atoms with van der Waals surface area (Å²) in [5.41, 5.74) is 2.67. The highest BCUT2D eigenvalue weighted by atomic mass is 31.2. The molecule has 41 nitrogen and oxygen atoms in total. The number of phenols is 1. The standard InChI is InChI=1S/C49H70N6O18P2.C38H45N2O15P.CH4/c1-4-6-7-10-41-46(60)53-42-27-35(48(62)63)11-12-36(42)29-51-40-16-13-34(26-39(40)45(59)54-43(32(3)5-2)47(61)52-41)44(58)50-18-21-72-23-25-73-24-22-71-20-17-37(56)14-15-38(57)31-55-19-8-9-33(30-55)28-49(64,74(65,66)67)75(68,69)70;1-25-4-11-31-32(43)21-33(55-35(31)34(25)44)27-5-7-28(8-6-27)36(45)39-13-16-53-18-20-54-19-17-52-15-12-29(41)9-10-30(42)24-40-14-2-3-26(23-40)22-38(48,37(46)47)56(49,50)51;/h8-9,11-13,16,19,26-27,30,32,38,41,43,57,64H,4-7,10,14-15,17-18,20-25,28-29,31H2,1-3H3,(H9-,50,51,52,53,54,58,59,60,61,62,63,65,66,67,68,69,70);2-8,11,14,21,23,30,42,48H,9-10,12-13,15-20,22,24H2,1H3,(H4-,39,44,45,46,47,49,50,51);1H4/p+2/t32?,38?,41-,43-;;/m0../s1. The first-order valence-corrected chi connectivity index (χ1v) is 47.2. The molecular formula is C88H121N8O33P3+2. The van der Waals surface area contributed by atoms with Crippen molar-refractivity contribution in [3.63, 3.8) is 0 Å². The smallest absolute Gasteiger partial charge is 0.369 e. The van der Waals surface area contributed by atoms with Gasteiger partial charge in [0.1, 0.15) is 41.6 Å². The van der Waals surface area contributed by atoms with E-state index in [0.29, 0.717) is 53.8 Å². The number of amides is 5. The lowest BCUT2D eigenvalue weighted by molar-refractivity contribution is -0.704. The van der Waals surface area contributed by atoms with E-state index in [1.54, 1.807) is 68.6 Å². The molecule has 3 aromatic heterocycles. The van der Waals surface area contributed by atoms with Crippen LogP contribution in [-0.2, 0) is 98.6 Å². The van der Waals surface area contributed by atoms with E-state index in [0.717, 1.165) is 12.8 Å². The Bertz CT molecular complexity index is 5240. The van der Waals surface area contributed by atoms with Crippen molar-refractivity contribution in [3.05, 3.63) is 183 Å². The number of rotatable bonds is 52. The number of carbonyl (C=O) groups is 9. The number of nitrogens with one attached hydrogen (secondary N) is 6. The Morgan fingerprint density at radius 2 is 1.09 bits per heavy atom. The van der Waals surface area contributed by atoms with Gasteiger partial charge in [-0.25, -0.2) is 18.7 Å². The summed E-state index contributed by atoms with van der Waals surface area (Å²) in [5.74, 6) is -6.26. The molecule has 0 saturated carbocycles. The highest BCUT2D eigenvalue weighted by molar-refractivity contribution is 7.72. The van der Waals surface area contributed by atoms with E-state index in [4.69, 9.17) is 37.9 Å². The zero-order valence-corrected chi connectivity index (χ0v) is 75.6. The monoisotopic (exact) mass is 1910 g/mol. The van der Waals surface area contributed by atoms with Crippen molar-refractivity contribution in [1.82, 2.24) is 21.3 Å². The van der Waals surface area contributed by atoms with Crippen LogP contribution in [-0.4, -0.2) is 245 Å². The Morgan fingerprint density at radius 3 is 1.60 bits per heavy atom. The van der Waals surface area contributed by atoms with Crippen LogP contribution in [0.2, 0.25) is 0 Å². The van der Waals surface area contributed by atoms with Gasteiger partial charge >= 0.3 is 34.7 Å². The molecule has 0 fully saturated rings. The molecule has 0 saturated heterocycles. The number of pyridine rings is 2. The lowest BCUT2D eigenvalue weighted by Crippen LogP contribution is -2.55. The molecule has 8 rings (SSSR count). The number of carbonyl (C=O) groups excluding carboxylic acids is 7. The number of hydrogen-bond donors (Lipinski definition) is 19. The number of hydrogen-bond acceptors (Lipinski definition) is 26. The summed E-state index contributed by atoms with van der Waals surface area (Å²) >= 11 is 0. The van der Waals surface area contributed by atoms with Crippen LogP contribution in [0.15, 0.2) is 137 Å². The predicted molar refractivity (Wildman–Crippen MR) is 477 cm³/mol. The average molecular weight is 1910 g/mol. The van der Waals surface area contributed by atoms with Gasteiger partial charge in [0.15, 0.2) is 54.6 Å². The minimum Gasteiger partial charge on any atom is -0.504 e. The summed E-state index contributed by atoms with van der Waals surface area (Å²) in [7, 11) is -16.7. The number of anilines is 2. The maximum absolute atomic E-state index is 14.1. The minimum atomic E-state index is -5.66. The summed E-state index contributed by atoms with van der Waals surface area (Å²) in [6.45, 7) is 10.4. The maximum Gasteiger partial charge on any atom is 0.369 e. The van der Waals surface area contributed by atoms with Gasteiger partial charge in [0.25, 0.3) is 28.1 Å². The Labute approximate surface area is 761 Å². The number of benzene rings is 4. The summed E-state index contributed by atoms with van der Waals surface area (Å²) in [4.78, 5) is 184. The molecule has 5 amide bonds. The molecule has 19 N–H and O–H groups in total. The van der Waals surface area contributed by atoms with Crippen LogP contribution < -0.4 is 46.5 Å². The number of aliphatic hydroxyl groups excluding tert-OH is 2. The Morgan fingerprint density at radius 1 is 0.583 bits per heavy atom. The number of carboxylic acids is 2. The van der Waals surface area contributed by atoms with Crippen molar-refractivity contribution in [3.8, 4) is 17.1 Å². The topological polar surface area (TPSA) is 633 Å². The second-order valence-corrected chi connectivity index (χ2v) is 37.0. The molecule has 724 valence electrons. The SMILES string of the molecule is C.CCCCC[C@@H]1NC(=O)[C@H](C(C)CC)NC(=O)c2cc(C(=O)NCCOCCOCCOCCC(=O)CCC(O)C[n+]3cccc(CC(O)(P(=O)(O)O)P(=O)(O)O)c3)ccc2NCc2ccc(C(=O)O)cc2NC1=O.Cc1ccc2c(=O)cc(-c3ccc(C(=O)NCCOCCOCCOCCC(=O)CCC(O)C[n+]4cccc(CC(O)(C(=O)O)P(=O)(O)O)c4)cc3)oc2c1O. The lowest BCUT2D eigenvalue weighted by Gasteiger charge is -2.28. The molecule has 0 radical (unpaired) electrons. The van der Waals surface area contributed by atoms with E-state index in [-0.39, 0.29) is 236 Å². The first kappa shape index (κ1) is 110. The number of aromatic hydroxyl groups is 1. The van der Waals surface area contributed by atoms with Crippen LogP contribution >= 0.6 is 22.8 Å². The van der Waals surface area contributed by atoms with Gasteiger partial charge in [-0.1, -0.05) is 78.1 Å². The number of fused-ring (bicyclic) bond motifs is 3. The van der Waals surface area contributed by atoms with Crippen molar-refractivity contribution in [2.75, 3.05) is 103 Å². The van der Waals surface area contributed by atoms with Gasteiger partial charge in [0.2, 0.25) is 11.8 Å². The number of aromatic carboxylic acids is 1. The number of aliphatic carboxylic acids is 1. The number of nitrogens with zero attached hydrogens (tertiary/aromatic N) is 2. The van der Waals surface area contributed by atoms with E-state index in [1.165, 1.54) is 82.3 Å². The molecule has 1 aliphatic heterocycles. The number of Topliss-reactive ketones (excluding diaryl/α,β-unsaturated/α-hetero) is 2. The molecule has 132 heavy (non-hydrogen) atoms. The fourth-order valence-corrected chi connectivity index (χ4v) is 16.0. The fourth-order valence-electron chi connectivity index (χ4n) is 13.2. The van der Waals surface area contributed by atoms with Gasteiger partial charge in [0, 0.05) is 116 Å². The Balaban J connectivity index is 0.000000420. The van der Waals surface area contributed by atoms with Crippen molar-refractivity contribution in [1.29, 1.82) is 0 Å². The van der Waals surface area contributed by atoms with Gasteiger partial charge < -0.3 is 130 Å². The van der Waals surface area contributed by atoms with E-state index < -0.39 is 106 Å². The molecule has 0 aliphatic carbocycles. The predicted octanol–water partition coefficient (Wildman–Crippen LogP) is 5.04. The maximum atomic E-state index is 14.1. The van der Waals surface area contributed by atoms with Gasteiger partial charge in [-0.2, -0.15) is 0 Å². The number of ether oxygens (including phenoxy) is 6. The van der Waals surface area contributed by atoms with E-state index in [2.05, 4.69) is 31.9 Å². The largest absolute Gasteiger partial charge is 0.504 e. The fraction of sp³-hybridized carbons (Fsp3) is 0.477. The summed E-state index contributed by atoms with van der Waals surface area (Å²) in [5, 5.41) is 80.9. The van der Waals surface area contributed by atoms with Crippen LogP contribution in [0.3, 0.4) is 0 Å². The molecular weight excluding hydrogens is 1790 g/mol. The summed E-state index contributed by atoms with van der Waals surface area (Å²) in [6, 6.07) is 23.4. The van der Waals surface area contributed by atoms with Crippen LogP contribution in [0.1, 0.15) is 163 Å². The molecule has 44 heteroatoms. The molecule has 4 heterocycles. The number of unbranched alkanes of at least 4 members (excludes halogenated alkanes) is 2. The molecule has 7 aromatic rings. The van der Waals surface area contributed by atoms with Crippen molar-refractivity contribution in [2.24, 2.45) is 5.92 Å². The number of aryl methyl sites for hydroxylation is 1. The second-order valence-electron chi connectivity index (χ2n) is 31.2. The number of aliphatic hydroxyl groups is 4. The zero-order valence-electron chi connectivity index (χ0n) is 72.9. The first-order chi connectivity index (χ1) is 62.1. The van der Waals surface area contributed by atoms with E-state index in [1.807, 2.05) is 13.8 Å². The van der Waals surface area contributed by atoms with Crippen LogP contribution in [0.4, 0.5) is 11.4 Å². The average Bonchev–Trinajstić information content (AvgIpc) is 0.768. The van der Waals surface area contributed by atoms with Crippen LogP contribution in [0.25, 0.3) is 22.3 Å². The molecule has 6 atom stereocenters. The highest BCUT2D eigenvalue weighted by Gasteiger charge is 2.59. The number of ketones is 2. The number of aromatic nitrogens is 2. The Hall–Kier alpha value is -10.3. The minimum absolute atomic E-state index is 0. The Kier molecular flexibility index (Phi) is 44.8. The summed E-state index contributed by atoms with van der Waals surface area (Å²) in [6.07, 6.45) is 5.46. The van der Waals surface area contributed by atoms with Crippen LogP contribution in [0.5, 0.6) is 5.75 Å². The van der Waals surface area contributed by atoms with E-state index >= 15 is 0 Å². The van der Waals surface area contributed by atoms with Gasteiger partial charge in [-0.3, -0.25) is 52.1 Å². The molecule has 0 spiro atoms. The summed E-state index contributed by atoms with van der Waals surface area (Å²) < 4.78 is 76.6. The first-order valence-electron chi connectivity index (χ1n) is 42.3. The van der Waals surface area contributed by atoms with E-state index in [9.17, 15) is 122 Å². The third-order valence-electron chi connectivity index (χ3n) is 21.1.